The Labute approximate surface area is 253 Å². The van der Waals surface area contributed by atoms with Gasteiger partial charge in [0, 0.05) is 12.8 Å². The number of esters is 2. The normalized spacial score (nSPS) is 12.4. The maximum absolute atomic E-state index is 12.1. The molecule has 0 aliphatic carbocycles. The second-order valence-electron chi connectivity index (χ2n) is 11.6. The van der Waals surface area contributed by atoms with Crippen LogP contribution in [0.3, 0.4) is 0 Å². The zero-order valence-corrected chi connectivity index (χ0v) is 27.1. The summed E-state index contributed by atoms with van der Waals surface area (Å²) in [7, 11) is 0. The number of allylic oxidation sites excluding steroid dienone is 4. The summed E-state index contributed by atoms with van der Waals surface area (Å²) >= 11 is 0. The van der Waals surface area contributed by atoms with Gasteiger partial charge in [-0.1, -0.05) is 122 Å². The highest BCUT2D eigenvalue weighted by molar-refractivity contribution is 5.70. The van der Waals surface area contributed by atoms with Crippen molar-refractivity contribution in [3.63, 3.8) is 0 Å². The van der Waals surface area contributed by atoms with Gasteiger partial charge in [-0.05, 0) is 64.2 Å². The number of carbonyl (C=O) groups is 2. The lowest BCUT2D eigenvalue weighted by Crippen LogP contribution is -2.28. The molecular formula is C36H66O5. The average Bonchev–Trinajstić information content (AvgIpc) is 2.97. The number of unbranched alkanes of at least 4 members (excludes halogenated alkanes) is 19. The lowest BCUT2D eigenvalue weighted by molar-refractivity contribution is -0.161. The van der Waals surface area contributed by atoms with Crippen molar-refractivity contribution >= 4 is 11.9 Å². The average molecular weight is 579 g/mol. The van der Waals surface area contributed by atoms with Gasteiger partial charge in [0.2, 0.25) is 0 Å². The number of rotatable bonds is 31. The summed E-state index contributed by atoms with van der Waals surface area (Å²) in [5.41, 5.74) is 0. The third-order valence-electron chi connectivity index (χ3n) is 7.47. The SMILES string of the molecule is CCCCC/C=C\CCCCCCCC(=O)OC[C@H](CO)OC(=O)CCCCCCC/C=C\CCCCCCCC. The molecule has 0 aliphatic heterocycles. The van der Waals surface area contributed by atoms with Crippen LogP contribution in [0, 0.1) is 0 Å². The number of hydrogen-bond donors (Lipinski definition) is 1. The molecule has 1 atom stereocenters. The largest absolute Gasteiger partial charge is 0.462 e. The molecule has 0 aromatic carbocycles. The summed E-state index contributed by atoms with van der Waals surface area (Å²) in [6, 6.07) is 0. The fraction of sp³-hybridized carbons (Fsp3) is 0.833. The highest BCUT2D eigenvalue weighted by Crippen LogP contribution is 2.12. The van der Waals surface area contributed by atoms with E-state index < -0.39 is 6.10 Å². The molecule has 0 amide bonds. The number of ether oxygens (including phenoxy) is 2. The summed E-state index contributed by atoms with van der Waals surface area (Å²) < 4.78 is 10.5. The Kier molecular flexibility index (Phi) is 31.6. The van der Waals surface area contributed by atoms with Crippen molar-refractivity contribution in [3.8, 4) is 0 Å². The van der Waals surface area contributed by atoms with Gasteiger partial charge in [0.1, 0.15) is 6.61 Å². The molecular weight excluding hydrogens is 512 g/mol. The monoisotopic (exact) mass is 578 g/mol. The van der Waals surface area contributed by atoms with Gasteiger partial charge < -0.3 is 14.6 Å². The number of aliphatic hydroxyl groups excluding tert-OH is 1. The summed E-state index contributed by atoms with van der Waals surface area (Å²) in [5.74, 6) is -0.611. The number of carbonyl (C=O) groups excluding carboxylic acids is 2. The summed E-state index contributed by atoms with van der Waals surface area (Å²) in [5, 5.41) is 9.50. The van der Waals surface area contributed by atoms with E-state index >= 15 is 0 Å². The minimum Gasteiger partial charge on any atom is -0.462 e. The predicted molar refractivity (Wildman–Crippen MR) is 173 cm³/mol. The molecule has 0 saturated carbocycles. The summed E-state index contributed by atoms with van der Waals surface area (Å²) in [6.07, 6.45) is 36.6. The molecule has 0 fully saturated rings. The predicted octanol–water partition coefficient (Wildman–Crippen LogP) is 10.3. The van der Waals surface area contributed by atoms with Crippen LogP contribution in [0.4, 0.5) is 0 Å². The Morgan fingerprint density at radius 2 is 0.902 bits per heavy atom. The molecule has 0 unspecified atom stereocenters. The first-order valence-electron chi connectivity index (χ1n) is 17.4. The van der Waals surface area contributed by atoms with Crippen molar-refractivity contribution in [1.82, 2.24) is 0 Å². The van der Waals surface area contributed by atoms with Crippen LogP contribution in [0.1, 0.15) is 174 Å². The van der Waals surface area contributed by atoms with E-state index in [1.165, 1.54) is 96.3 Å². The van der Waals surface area contributed by atoms with Crippen molar-refractivity contribution in [2.45, 2.75) is 180 Å². The fourth-order valence-corrected chi connectivity index (χ4v) is 4.78. The Bertz CT molecular complexity index is 627. The first-order chi connectivity index (χ1) is 20.1. The molecule has 5 nitrogen and oxygen atoms in total. The lowest BCUT2D eigenvalue weighted by atomic mass is 10.1. The molecule has 0 bridgehead atoms. The van der Waals surface area contributed by atoms with Gasteiger partial charge in [-0.3, -0.25) is 9.59 Å². The van der Waals surface area contributed by atoms with Crippen LogP contribution in [-0.2, 0) is 19.1 Å². The number of aliphatic hydroxyl groups is 1. The first-order valence-corrected chi connectivity index (χ1v) is 17.4. The smallest absolute Gasteiger partial charge is 0.306 e. The highest BCUT2D eigenvalue weighted by atomic mass is 16.6. The van der Waals surface area contributed by atoms with Crippen molar-refractivity contribution in [2.24, 2.45) is 0 Å². The van der Waals surface area contributed by atoms with Gasteiger partial charge in [-0.15, -0.1) is 0 Å². The van der Waals surface area contributed by atoms with Crippen LogP contribution in [0.2, 0.25) is 0 Å². The summed E-state index contributed by atoms with van der Waals surface area (Å²) in [6.45, 7) is 4.08. The van der Waals surface area contributed by atoms with Gasteiger partial charge in [0.15, 0.2) is 6.10 Å². The summed E-state index contributed by atoms with van der Waals surface area (Å²) in [4.78, 5) is 24.1. The van der Waals surface area contributed by atoms with Crippen molar-refractivity contribution in [3.05, 3.63) is 24.3 Å². The zero-order chi connectivity index (χ0) is 30.1. The van der Waals surface area contributed by atoms with Gasteiger partial charge in [0.05, 0.1) is 6.61 Å². The third-order valence-corrected chi connectivity index (χ3v) is 7.47. The molecule has 240 valence electrons. The molecule has 41 heavy (non-hydrogen) atoms. The van der Waals surface area contributed by atoms with Crippen LogP contribution in [0.25, 0.3) is 0 Å². The van der Waals surface area contributed by atoms with E-state index in [1.54, 1.807) is 0 Å². The van der Waals surface area contributed by atoms with E-state index in [4.69, 9.17) is 9.47 Å². The van der Waals surface area contributed by atoms with Crippen LogP contribution in [0.5, 0.6) is 0 Å². The molecule has 0 radical (unpaired) electrons. The quantitative estimate of drug-likeness (QED) is 0.0503. The maximum Gasteiger partial charge on any atom is 0.306 e. The van der Waals surface area contributed by atoms with Crippen LogP contribution in [-0.4, -0.2) is 36.4 Å². The van der Waals surface area contributed by atoms with Crippen LogP contribution < -0.4 is 0 Å². The van der Waals surface area contributed by atoms with Gasteiger partial charge in [-0.2, -0.15) is 0 Å². The molecule has 0 saturated heterocycles. The third kappa shape index (κ3) is 31.2. The van der Waals surface area contributed by atoms with E-state index in [0.717, 1.165) is 51.4 Å². The topological polar surface area (TPSA) is 72.8 Å². The molecule has 0 spiro atoms. The van der Waals surface area contributed by atoms with Gasteiger partial charge in [0.25, 0.3) is 0 Å². The molecule has 0 aliphatic rings. The standard InChI is InChI=1S/C36H66O5/c1-3-5-7-9-11-13-15-17-18-19-21-23-25-27-29-31-36(39)41-34(32-37)33-40-35(38)30-28-26-24-22-20-16-14-12-10-8-6-4-2/h12,14,17-18,34,37H,3-11,13,15-16,19-33H2,1-2H3/b14-12-,18-17-/t34-/m0/s1. The van der Waals surface area contributed by atoms with Gasteiger partial charge >= 0.3 is 11.9 Å². The lowest BCUT2D eigenvalue weighted by Gasteiger charge is -2.15. The molecule has 0 aromatic rings. The molecule has 0 rings (SSSR count). The van der Waals surface area contributed by atoms with E-state index in [1.807, 2.05) is 0 Å². The second kappa shape index (κ2) is 32.9. The molecule has 5 heteroatoms. The Morgan fingerprint density at radius 3 is 1.37 bits per heavy atom. The second-order valence-corrected chi connectivity index (χ2v) is 11.6. The van der Waals surface area contributed by atoms with Gasteiger partial charge in [-0.25, -0.2) is 0 Å². The van der Waals surface area contributed by atoms with E-state index in [9.17, 15) is 14.7 Å². The Hall–Kier alpha value is -1.62. The molecule has 0 aromatic heterocycles. The fourth-order valence-electron chi connectivity index (χ4n) is 4.78. The van der Waals surface area contributed by atoms with Crippen molar-refractivity contribution in [1.29, 1.82) is 0 Å². The van der Waals surface area contributed by atoms with E-state index in [2.05, 4.69) is 38.2 Å². The Morgan fingerprint density at radius 1 is 0.537 bits per heavy atom. The maximum atomic E-state index is 12.1. The zero-order valence-electron chi connectivity index (χ0n) is 27.1. The Balaban J connectivity index is 3.60. The minimum absolute atomic E-state index is 0.0714. The minimum atomic E-state index is -0.774. The van der Waals surface area contributed by atoms with Crippen LogP contribution >= 0.6 is 0 Å². The molecule has 0 heterocycles. The number of hydrogen-bond acceptors (Lipinski definition) is 5. The van der Waals surface area contributed by atoms with E-state index in [0.29, 0.717) is 12.8 Å². The highest BCUT2D eigenvalue weighted by Gasteiger charge is 2.16. The van der Waals surface area contributed by atoms with Crippen molar-refractivity contribution in [2.75, 3.05) is 13.2 Å². The van der Waals surface area contributed by atoms with E-state index in [-0.39, 0.29) is 25.2 Å². The van der Waals surface area contributed by atoms with Crippen LogP contribution in [0.15, 0.2) is 24.3 Å². The first kappa shape index (κ1) is 39.4. The molecule has 1 N–H and O–H groups in total. The van der Waals surface area contributed by atoms with Crippen molar-refractivity contribution < 1.29 is 24.2 Å².